The highest BCUT2D eigenvalue weighted by molar-refractivity contribution is 6.05. The molecule has 3 aromatic heterocycles. The van der Waals surface area contributed by atoms with Gasteiger partial charge in [0.25, 0.3) is 11.5 Å². The number of aryl methyl sites for hydroxylation is 1. The maximum atomic E-state index is 14.6. The lowest BCUT2D eigenvalue weighted by Gasteiger charge is -2.24. The Morgan fingerprint density at radius 2 is 1.93 bits per heavy atom. The molecule has 3 amide bonds. The number of hydrogen-bond donors (Lipinski definition) is 3. The average molecular weight is 584 g/mol. The second-order valence-corrected chi connectivity index (χ2v) is 10.3. The summed E-state index contributed by atoms with van der Waals surface area (Å²) in [4.78, 5) is 52.3. The molecule has 6 rings (SSSR count). The van der Waals surface area contributed by atoms with Crippen LogP contribution < -0.4 is 16.6 Å². The standard InChI is InChI=1S/C29H26FN9O4/c1-16-9-25(40)39(35-16)21-4-2-3-20(12-21)34-29(43)24-11-19(30)14-37(24)26(41)15-38-23-6-5-17(18-7-8-32-33-13-18)10-22(23)27(36-38)28(31)42/h2-10,12-13,19,24,35H,11,14-15H2,1H3,(H2,31,42)(H,34,43). The van der Waals surface area contributed by atoms with Crippen LogP contribution >= 0.6 is 0 Å². The van der Waals surface area contributed by atoms with E-state index in [1.165, 1.54) is 26.5 Å². The Morgan fingerprint density at radius 1 is 1.09 bits per heavy atom. The number of rotatable bonds is 7. The van der Waals surface area contributed by atoms with Gasteiger partial charge in [-0.2, -0.15) is 15.3 Å². The third-order valence-electron chi connectivity index (χ3n) is 7.28. The molecule has 1 saturated heterocycles. The quantitative estimate of drug-likeness (QED) is 0.263. The smallest absolute Gasteiger partial charge is 0.271 e. The van der Waals surface area contributed by atoms with Gasteiger partial charge < -0.3 is 16.0 Å². The zero-order valence-corrected chi connectivity index (χ0v) is 22.9. The van der Waals surface area contributed by atoms with Crippen molar-refractivity contribution in [1.82, 2.24) is 34.7 Å². The minimum Gasteiger partial charge on any atom is -0.364 e. The molecule has 13 nitrogen and oxygen atoms in total. The predicted octanol–water partition coefficient (Wildman–Crippen LogP) is 1.96. The molecular formula is C29H26FN9O4. The molecule has 0 spiro atoms. The number of nitrogens with two attached hydrogens (primary N) is 1. The van der Waals surface area contributed by atoms with Crippen molar-refractivity contribution in [3.63, 3.8) is 0 Å². The number of benzene rings is 2. The largest absolute Gasteiger partial charge is 0.364 e. The van der Waals surface area contributed by atoms with E-state index < -0.39 is 29.9 Å². The number of nitrogens with zero attached hydrogens (tertiary/aromatic N) is 6. The predicted molar refractivity (Wildman–Crippen MR) is 154 cm³/mol. The van der Waals surface area contributed by atoms with Crippen LogP contribution in [0.2, 0.25) is 0 Å². The first-order valence-corrected chi connectivity index (χ1v) is 13.4. The fraction of sp³-hybridized carbons (Fsp3) is 0.207. The highest BCUT2D eigenvalue weighted by atomic mass is 19.1. The summed E-state index contributed by atoms with van der Waals surface area (Å²) < 4.78 is 17.3. The first-order valence-electron chi connectivity index (χ1n) is 13.4. The number of amides is 3. The summed E-state index contributed by atoms with van der Waals surface area (Å²) in [5.41, 5.74) is 8.83. The first-order chi connectivity index (χ1) is 20.7. The summed E-state index contributed by atoms with van der Waals surface area (Å²) in [7, 11) is 0. The van der Waals surface area contributed by atoms with Crippen molar-refractivity contribution in [2.45, 2.75) is 32.1 Å². The molecule has 0 radical (unpaired) electrons. The molecule has 5 aromatic rings. The number of likely N-dealkylation sites (tertiary alicyclic amines) is 1. The number of hydrogen-bond acceptors (Lipinski definition) is 7. The van der Waals surface area contributed by atoms with Gasteiger partial charge in [-0.25, -0.2) is 9.07 Å². The summed E-state index contributed by atoms with van der Waals surface area (Å²) >= 11 is 0. The number of alkyl halides is 1. The van der Waals surface area contributed by atoms with Gasteiger partial charge in [-0.1, -0.05) is 12.1 Å². The molecule has 0 aliphatic carbocycles. The Bertz CT molecular complexity index is 1930. The fourth-order valence-corrected chi connectivity index (χ4v) is 5.30. The van der Waals surface area contributed by atoms with E-state index in [2.05, 4.69) is 25.7 Å². The van der Waals surface area contributed by atoms with Crippen LogP contribution in [0, 0.1) is 6.92 Å². The van der Waals surface area contributed by atoms with Crippen LogP contribution in [0.15, 0.2) is 71.8 Å². The number of H-pyrrole nitrogens is 1. The van der Waals surface area contributed by atoms with Crippen LogP contribution in [-0.4, -0.2) is 71.1 Å². The van der Waals surface area contributed by atoms with Gasteiger partial charge in [0, 0.05) is 34.8 Å². The fourth-order valence-electron chi connectivity index (χ4n) is 5.30. The van der Waals surface area contributed by atoms with Crippen molar-refractivity contribution in [2.75, 3.05) is 11.9 Å². The van der Waals surface area contributed by atoms with Gasteiger partial charge in [-0.3, -0.25) is 29.0 Å². The van der Waals surface area contributed by atoms with Crippen LogP contribution in [-0.2, 0) is 16.1 Å². The van der Waals surface area contributed by atoms with Gasteiger partial charge >= 0.3 is 0 Å². The van der Waals surface area contributed by atoms with Crippen LogP contribution in [0.4, 0.5) is 10.1 Å². The normalized spacial score (nSPS) is 16.5. The van der Waals surface area contributed by atoms with Crippen molar-refractivity contribution in [3.05, 3.63) is 88.7 Å². The lowest BCUT2D eigenvalue weighted by molar-refractivity contribution is -0.137. The molecule has 218 valence electrons. The van der Waals surface area contributed by atoms with E-state index >= 15 is 0 Å². The second-order valence-electron chi connectivity index (χ2n) is 10.3. The van der Waals surface area contributed by atoms with Gasteiger partial charge in [0.05, 0.1) is 30.1 Å². The Kier molecular flexibility index (Phi) is 7.01. The van der Waals surface area contributed by atoms with Gasteiger partial charge in [0.15, 0.2) is 5.69 Å². The molecule has 14 heteroatoms. The minimum atomic E-state index is -1.40. The summed E-state index contributed by atoms with van der Waals surface area (Å²) in [6, 6.07) is 13.9. The Labute approximate surface area is 243 Å². The molecule has 2 aromatic carbocycles. The van der Waals surface area contributed by atoms with E-state index in [4.69, 9.17) is 5.73 Å². The molecule has 0 bridgehead atoms. The highest BCUT2D eigenvalue weighted by Gasteiger charge is 2.40. The number of fused-ring (bicyclic) bond motifs is 1. The topological polar surface area (TPSA) is 174 Å². The molecule has 43 heavy (non-hydrogen) atoms. The second kappa shape index (κ2) is 11.0. The van der Waals surface area contributed by atoms with E-state index in [9.17, 15) is 23.6 Å². The van der Waals surface area contributed by atoms with E-state index in [1.54, 1.807) is 61.7 Å². The molecule has 4 N–H and O–H groups in total. The lowest BCUT2D eigenvalue weighted by Crippen LogP contribution is -2.44. The van der Waals surface area contributed by atoms with Crippen molar-refractivity contribution < 1.29 is 18.8 Å². The van der Waals surface area contributed by atoms with Crippen molar-refractivity contribution >= 4 is 34.3 Å². The maximum Gasteiger partial charge on any atom is 0.271 e. The van der Waals surface area contributed by atoms with Crippen LogP contribution in [0.1, 0.15) is 22.6 Å². The monoisotopic (exact) mass is 583 g/mol. The number of primary amides is 1. The molecule has 1 fully saturated rings. The highest BCUT2D eigenvalue weighted by Crippen LogP contribution is 2.28. The first kappa shape index (κ1) is 27.5. The average Bonchev–Trinajstić information content (AvgIpc) is 3.67. The third kappa shape index (κ3) is 5.37. The molecular weight excluding hydrogens is 557 g/mol. The summed E-state index contributed by atoms with van der Waals surface area (Å²) in [5.74, 6) is -1.90. The SMILES string of the molecule is Cc1cc(=O)n(-c2cccc(NC(=O)C3CC(F)CN3C(=O)Cn3nc(C(N)=O)c4cc(-c5ccnnc5)ccc43)c2)[nH]1. The van der Waals surface area contributed by atoms with Crippen LogP contribution in [0.5, 0.6) is 0 Å². The Hall–Kier alpha value is -5.66. The van der Waals surface area contributed by atoms with Crippen molar-refractivity contribution in [1.29, 1.82) is 0 Å². The van der Waals surface area contributed by atoms with Crippen molar-refractivity contribution in [2.24, 2.45) is 5.73 Å². The van der Waals surface area contributed by atoms with E-state index in [0.29, 0.717) is 28.0 Å². The summed E-state index contributed by atoms with van der Waals surface area (Å²) in [6.45, 7) is 1.14. The van der Waals surface area contributed by atoms with Gasteiger partial charge in [-0.15, -0.1) is 0 Å². The zero-order chi connectivity index (χ0) is 30.2. The van der Waals surface area contributed by atoms with E-state index in [-0.39, 0.29) is 30.8 Å². The molecule has 4 heterocycles. The van der Waals surface area contributed by atoms with Crippen molar-refractivity contribution in [3.8, 4) is 16.8 Å². The molecule has 2 unspecified atom stereocenters. The number of nitrogens with one attached hydrogen (secondary N) is 2. The summed E-state index contributed by atoms with van der Waals surface area (Å²) in [5, 5.41) is 18.0. The number of halogens is 1. The van der Waals surface area contributed by atoms with Gasteiger partial charge in [0.2, 0.25) is 11.8 Å². The zero-order valence-electron chi connectivity index (χ0n) is 22.9. The molecule has 1 aliphatic heterocycles. The number of aromatic nitrogens is 6. The third-order valence-corrected chi connectivity index (χ3v) is 7.28. The lowest BCUT2D eigenvalue weighted by atomic mass is 10.0. The minimum absolute atomic E-state index is 0.0259. The number of carbonyl (C=O) groups is 3. The van der Waals surface area contributed by atoms with Gasteiger partial charge in [-0.05, 0) is 48.9 Å². The number of anilines is 1. The Balaban J connectivity index is 1.23. The van der Waals surface area contributed by atoms with E-state index in [0.717, 1.165) is 11.1 Å². The molecule has 0 saturated carbocycles. The number of aromatic amines is 1. The molecule has 1 aliphatic rings. The maximum absolute atomic E-state index is 14.6. The van der Waals surface area contributed by atoms with Gasteiger partial charge in [0.1, 0.15) is 18.8 Å². The summed E-state index contributed by atoms with van der Waals surface area (Å²) in [6.07, 6.45) is 1.53. The Morgan fingerprint density at radius 3 is 2.65 bits per heavy atom. The van der Waals surface area contributed by atoms with E-state index in [1.807, 2.05) is 0 Å². The van der Waals surface area contributed by atoms with Crippen LogP contribution in [0.3, 0.4) is 0 Å². The van der Waals surface area contributed by atoms with Crippen LogP contribution in [0.25, 0.3) is 27.7 Å². The number of carbonyl (C=O) groups excluding carboxylic acids is 3. The molecule has 2 atom stereocenters.